The summed E-state index contributed by atoms with van der Waals surface area (Å²) in [6.45, 7) is 8.60. The van der Waals surface area contributed by atoms with Gasteiger partial charge < -0.3 is 14.4 Å². The third-order valence-electron chi connectivity index (χ3n) is 10.1. The van der Waals surface area contributed by atoms with Crippen LogP contribution in [0.2, 0.25) is 0 Å². The summed E-state index contributed by atoms with van der Waals surface area (Å²) >= 11 is 0. The topological polar surface area (TPSA) is 74.6 Å². The second kappa shape index (κ2) is 10.0. The van der Waals surface area contributed by atoms with Crippen molar-refractivity contribution in [2.75, 3.05) is 31.1 Å². The summed E-state index contributed by atoms with van der Waals surface area (Å²) in [6.07, 6.45) is 1.01. The molecule has 1 spiro atoms. The van der Waals surface area contributed by atoms with Crippen molar-refractivity contribution in [3.8, 4) is 0 Å². The lowest BCUT2D eigenvalue weighted by Crippen LogP contribution is -2.59. The van der Waals surface area contributed by atoms with Gasteiger partial charge in [-0.3, -0.25) is 14.5 Å². The van der Waals surface area contributed by atoms with Crippen LogP contribution in [-0.2, 0) is 36.5 Å². The molecule has 1 saturated carbocycles. The number of aromatic nitrogens is 3. The van der Waals surface area contributed by atoms with Gasteiger partial charge >= 0.3 is 6.18 Å². The number of carbonyl (C=O) groups excluding carboxylic acids is 2. The van der Waals surface area contributed by atoms with Crippen LogP contribution in [0.4, 0.5) is 18.9 Å². The molecule has 230 valence electrons. The van der Waals surface area contributed by atoms with Crippen molar-refractivity contribution in [2.24, 2.45) is 18.4 Å². The van der Waals surface area contributed by atoms with Crippen molar-refractivity contribution < 1.29 is 22.8 Å². The van der Waals surface area contributed by atoms with Gasteiger partial charge in [0.25, 0.3) is 5.91 Å². The number of halogens is 3. The summed E-state index contributed by atoms with van der Waals surface area (Å²) < 4.78 is 45.2. The number of alkyl halides is 3. The molecular weight excluding hydrogens is 569 g/mol. The van der Waals surface area contributed by atoms with Crippen LogP contribution in [0.25, 0.3) is 0 Å². The molecule has 0 radical (unpaired) electrons. The van der Waals surface area contributed by atoms with Crippen LogP contribution in [0.1, 0.15) is 64.6 Å². The van der Waals surface area contributed by atoms with Crippen molar-refractivity contribution in [3.63, 3.8) is 0 Å². The van der Waals surface area contributed by atoms with E-state index in [1.54, 1.807) is 23.4 Å². The zero-order chi connectivity index (χ0) is 31.0. The fraction of sp³-hybridized carbons (Fsp3) is 0.455. The number of hydrogen-bond donors (Lipinski definition) is 0. The molecule has 8 nitrogen and oxygen atoms in total. The Bertz CT molecular complexity index is 1670. The molecule has 4 aliphatic rings. The van der Waals surface area contributed by atoms with E-state index in [9.17, 15) is 22.8 Å². The number of hydrogen-bond acceptors (Lipinski definition) is 5. The minimum absolute atomic E-state index is 0.0207. The van der Waals surface area contributed by atoms with E-state index in [-0.39, 0.29) is 34.4 Å². The van der Waals surface area contributed by atoms with Gasteiger partial charge in [-0.05, 0) is 78.8 Å². The van der Waals surface area contributed by atoms with Gasteiger partial charge in [-0.1, -0.05) is 25.6 Å². The lowest BCUT2D eigenvalue weighted by atomic mass is 9.58. The SMILES string of the molecule is C=CC(=O)N1CC2(CCN(Cc3cc4c(c(C(F)(F)F)c3)CN(c3cccc(C5(c6nncn6C)CC(C)C5)c3)C4=O)C2)C1. The Hall–Kier alpha value is -3.99. The van der Waals surface area contributed by atoms with Gasteiger partial charge in [0.05, 0.1) is 17.5 Å². The summed E-state index contributed by atoms with van der Waals surface area (Å²) in [7, 11) is 1.91. The first-order valence-corrected chi connectivity index (χ1v) is 15.0. The van der Waals surface area contributed by atoms with E-state index in [2.05, 4.69) is 28.6 Å². The van der Waals surface area contributed by atoms with Crippen LogP contribution in [0.3, 0.4) is 0 Å². The average Bonchev–Trinajstić information content (AvgIpc) is 3.67. The van der Waals surface area contributed by atoms with Gasteiger partial charge in [0.2, 0.25) is 5.91 Å². The predicted octanol–water partition coefficient (Wildman–Crippen LogP) is 4.93. The highest BCUT2D eigenvalue weighted by Gasteiger charge is 2.50. The van der Waals surface area contributed by atoms with Crippen molar-refractivity contribution in [2.45, 2.75) is 50.9 Å². The van der Waals surface area contributed by atoms with Crippen molar-refractivity contribution in [3.05, 3.63) is 89.0 Å². The zero-order valence-corrected chi connectivity index (χ0v) is 24.9. The molecule has 1 aliphatic carbocycles. The molecule has 4 heterocycles. The number of benzene rings is 2. The Kier molecular flexibility index (Phi) is 6.55. The molecule has 2 saturated heterocycles. The number of fused-ring (bicyclic) bond motifs is 1. The Morgan fingerprint density at radius 2 is 1.93 bits per heavy atom. The Labute approximate surface area is 254 Å². The van der Waals surface area contributed by atoms with Gasteiger partial charge in [0.1, 0.15) is 12.2 Å². The lowest BCUT2D eigenvalue weighted by molar-refractivity contribution is -0.138. The van der Waals surface area contributed by atoms with Crippen LogP contribution in [0, 0.1) is 11.3 Å². The maximum absolute atomic E-state index is 14.4. The fourth-order valence-corrected chi connectivity index (χ4v) is 8.11. The van der Waals surface area contributed by atoms with E-state index in [1.807, 2.05) is 29.8 Å². The molecule has 3 aliphatic heterocycles. The summed E-state index contributed by atoms with van der Waals surface area (Å²) in [5.74, 6) is 0.819. The highest BCUT2D eigenvalue weighted by Crippen LogP contribution is 2.52. The maximum atomic E-state index is 14.4. The highest BCUT2D eigenvalue weighted by molar-refractivity contribution is 6.10. The number of rotatable bonds is 6. The largest absolute Gasteiger partial charge is 0.416 e. The molecule has 0 N–H and O–H groups in total. The minimum atomic E-state index is -4.60. The molecule has 2 amide bonds. The van der Waals surface area contributed by atoms with E-state index >= 15 is 0 Å². The predicted molar refractivity (Wildman–Crippen MR) is 158 cm³/mol. The summed E-state index contributed by atoms with van der Waals surface area (Å²) in [4.78, 5) is 31.1. The van der Waals surface area contributed by atoms with Crippen LogP contribution < -0.4 is 4.90 Å². The smallest absolute Gasteiger partial charge is 0.338 e. The molecule has 3 fully saturated rings. The number of amides is 2. The molecule has 2 aromatic carbocycles. The summed E-state index contributed by atoms with van der Waals surface area (Å²) in [6, 6.07) is 10.5. The second-order valence-corrected chi connectivity index (χ2v) is 13.3. The van der Waals surface area contributed by atoms with Crippen molar-refractivity contribution in [1.29, 1.82) is 0 Å². The van der Waals surface area contributed by atoms with Gasteiger partial charge in [-0.2, -0.15) is 13.2 Å². The third-order valence-corrected chi connectivity index (χ3v) is 10.1. The summed E-state index contributed by atoms with van der Waals surface area (Å²) in [5, 5.41) is 8.49. The molecule has 3 aromatic rings. The molecule has 1 aromatic heterocycles. The second-order valence-electron chi connectivity index (χ2n) is 13.3. The first-order chi connectivity index (χ1) is 20.9. The Morgan fingerprint density at radius 1 is 1.16 bits per heavy atom. The van der Waals surface area contributed by atoms with Gasteiger partial charge in [-0.15, -0.1) is 10.2 Å². The standard InChI is InChI=1S/C33H35F3N6O2/c1-4-28(43)41-18-31(19-41)8-9-40(17-31)15-22-10-25-26(27(11-22)33(34,35)36)16-42(29(25)44)24-7-5-6-23(12-24)32(13-21(2)14-32)30-38-37-20-39(30)3/h4-7,10-12,20-21H,1,8-9,13-19H2,2-3H3. The van der Waals surface area contributed by atoms with E-state index < -0.39 is 17.6 Å². The first kappa shape index (κ1) is 28.8. The molecule has 7 rings (SSSR count). The Balaban J connectivity index is 1.15. The average molecular weight is 605 g/mol. The maximum Gasteiger partial charge on any atom is 0.416 e. The van der Waals surface area contributed by atoms with Gasteiger partial charge in [0.15, 0.2) is 0 Å². The van der Waals surface area contributed by atoms with Crippen molar-refractivity contribution in [1.82, 2.24) is 24.6 Å². The molecule has 44 heavy (non-hydrogen) atoms. The number of anilines is 1. The Morgan fingerprint density at radius 3 is 2.59 bits per heavy atom. The molecular formula is C33H35F3N6O2. The molecule has 0 unspecified atom stereocenters. The number of nitrogens with zero attached hydrogens (tertiary/aromatic N) is 6. The minimum Gasteiger partial charge on any atom is -0.338 e. The quantitative estimate of drug-likeness (QED) is 0.373. The van der Waals surface area contributed by atoms with E-state index in [0.29, 0.717) is 43.3 Å². The molecule has 0 bridgehead atoms. The summed E-state index contributed by atoms with van der Waals surface area (Å²) in [5.41, 5.74) is 1.03. The van der Waals surface area contributed by atoms with E-state index in [1.165, 1.54) is 17.0 Å². The van der Waals surface area contributed by atoms with Crippen LogP contribution >= 0.6 is 0 Å². The van der Waals surface area contributed by atoms with Gasteiger partial charge in [0, 0.05) is 49.9 Å². The van der Waals surface area contributed by atoms with E-state index in [4.69, 9.17) is 0 Å². The van der Waals surface area contributed by atoms with Crippen molar-refractivity contribution >= 4 is 17.5 Å². The first-order valence-electron chi connectivity index (χ1n) is 15.0. The van der Waals surface area contributed by atoms with Crippen LogP contribution in [-0.4, -0.2) is 62.6 Å². The van der Waals surface area contributed by atoms with Gasteiger partial charge in [-0.25, -0.2) is 0 Å². The third kappa shape index (κ3) is 4.55. The molecule has 11 heteroatoms. The van der Waals surface area contributed by atoms with Crippen LogP contribution in [0.15, 0.2) is 55.4 Å². The zero-order valence-electron chi connectivity index (χ0n) is 24.9. The fourth-order valence-electron chi connectivity index (χ4n) is 8.11. The highest BCUT2D eigenvalue weighted by atomic mass is 19.4. The van der Waals surface area contributed by atoms with E-state index in [0.717, 1.165) is 37.2 Å². The number of carbonyl (C=O) groups is 2. The molecule has 0 atom stereocenters. The number of likely N-dealkylation sites (tertiary alicyclic amines) is 2. The monoisotopic (exact) mass is 604 g/mol. The normalized spacial score (nSPS) is 24.4. The van der Waals surface area contributed by atoms with Crippen LogP contribution in [0.5, 0.6) is 0 Å². The lowest BCUT2D eigenvalue weighted by Gasteiger charge is -2.47. The number of aryl methyl sites for hydroxylation is 1.